The number of halogens is 1. The Morgan fingerprint density at radius 1 is 1.19 bits per heavy atom. The maximum atomic E-state index is 13.3. The van der Waals surface area contributed by atoms with Crippen molar-refractivity contribution in [2.45, 2.75) is 45.1 Å². The summed E-state index contributed by atoms with van der Waals surface area (Å²) < 4.78 is 15.0. The van der Waals surface area contributed by atoms with Gasteiger partial charge in [-0.3, -0.25) is 4.79 Å². The van der Waals surface area contributed by atoms with Gasteiger partial charge >= 0.3 is 0 Å². The number of hydrogen-bond donors (Lipinski definition) is 1. The Morgan fingerprint density at radius 2 is 1.88 bits per heavy atom. The molecule has 2 heterocycles. The molecule has 1 saturated carbocycles. The zero-order chi connectivity index (χ0) is 18.3. The van der Waals surface area contributed by atoms with E-state index in [1.165, 1.54) is 12.1 Å². The fourth-order valence-corrected chi connectivity index (χ4v) is 3.95. The van der Waals surface area contributed by atoms with Crippen molar-refractivity contribution >= 4 is 11.6 Å². The fraction of sp³-hybridized carbons (Fsp3) is 0.350. The number of aryl methyl sites for hydroxylation is 2. The van der Waals surface area contributed by atoms with Crippen LogP contribution in [0.3, 0.4) is 0 Å². The van der Waals surface area contributed by atoms with Gasteiger partial charge in [0.05, 0.1) is 11.7 Å². The van der Waals surface area contributed by atoms with Gasteiger partial charge in [0, 0.05) is 11.4 Å². The van der Waals surface area contributed by atoms with E-state index in [1.807, 2.05) is 19.9 Å². The van der Waals surface area contributed by atoms with Gasteiger partial charge in [0.2, 0.25) is 0 Å². The lowest BCUT2D eigenvalue weighted by molar-refractivity contribution is 0.0899. The maximum Gasteiger partial charge on any atom is 0.257 e. The van der Waals surface area contributed by atoms with Crippen molar-refractivity contribution in [2.75, 3.05) is 0 Å². The van der Waals surface area contributed by atoms with E-state index in [0.717, 1.165) is 42.6 Å². The predicted molar refractivity (Wildman–Crippen MR) is 96.5 cm³/mol. The van der Waals surface area contributed by atoms with Crippen molar-refractivity contribution in [2.24, 2.45) is 0 Å². The van der Waals surface area contributed by atoms with Crippen molar-refractivity contribution in [1.29, 1.82) is 0 Å². The molecule has 1 N–H and O–H groups in total. The summed E-state index contributed by atoms with van der Waals surface area (Å²) in [4.78, 5) is 17.6. The van der Waals surface area contributed by atoms with Crippen molar-refractivity contribution in [1.82, 2.24) is 19.9 Å². The number of hydrogen-bond acceptors (Lipinski definition) is 3. The molecule has 1 aliphatic rings. The summed E-state index contributed by atoms with van der Waals surface area (Å²) in [6.45, 7) is 3.84. The van der Waals surface area contributed by atoms with Crippen LogP contribution in [0.4, 0.5) is 4.39 Å². The van der Waals surface area contributed by atoms with Crippen LogP contribution in [0.15, 0.2) is 36.5 Å². The monoisotopic (exact) mass is 352 g/mol. The van der Waals surface area contributed by atoms with Gasteiger partial charge in [-0.05, 0) is 50.5 Å². The van der Waals surface area contributed by atoms with Gasteiger partial charge in [0.15, 0.2) is 5.65 Å². The Morgan fingerprint density at radius 3 is 2.58 bits per heavy atom. The topological polar surface area (TPSA) is 59.3 Å². The summed E-state index contributed by atoms with van der Waals surface area (Å²) in [6.07, 6.45) is 5.31. The first-order valence-electron chi connectivity index (χ1n) is 8.89. The first-order chi connectivity index (χ1) is 12.5. The smallest absolute Gasteiger partial charge is 0.257 e. The average molecular weight is 352 g/mol. The molecule has 4 rings (SSSR count). The number of nitrogens with one attached hydrogen (secondary N) is 1. The lowest BCUT2D eigenvalue weighted by Crippen LogP contribution is -2.43. The summed E-state index contributed by atoms with van der Waals surface area (Å²) >= 11 is 0. The molecule has 0 saturated heterocycles. The normalized spacial score (nSPS) is 16.1. The van der Waals surface area contributed by atoms with Gasteiger partial charge < -0.3 is 5.32 Å². The Bertz CT molecular complexity index is 971. The molecule has 3 aromatic rings. The second-order valence-corrected chi connectivity index (χ2v) is 7.08. The molecular weight excluding hydrogens is 331 g/mol. The van der Waals surface area contributed by atoms with Gasteiger partial charge in [-0.15, -0.1) is 0 Å². The number of nitrogens with zero attached hydrogens (tertiary/aromatic N) is 3. The van der Waals surface area contributed by atoms with Gasteiger partial charge in [0.25, 0.3) is 5.91 Å². The third-order valence-electron chi connectivity index (χ3n) is 5.23. The summed E-state index contributed by atoms with van der Waals surface area (Å²) in [6, 6.07) is 8.36. The van der Waals surface area contributed by atoms with Crippen LogP contribution in [0.5, 0.6) is 0 Å². The van der Waals surface area contributed by atoms with E-state index in [9.17, 15) is 9.18 Å². The molecule has 6 heteroatoms. The standard InChI is InChI=1S/C20H21FN4O/c1-13-11-14(2)25-18(23-13)17(12-22-25)19(26)24-20(9-3-4-10-20)15-5-7-16(21)8-6-15/h5-8,11-12H,3-4,9-10H2,1-2H3,(H,24,26). The molecule has 26 heavy (non-hydrogen) atoms. The second kappa shape index (κ2) is 6.20. The second-order valence-electron chi connectivity index (χ2n) is 7.08. The highest BCUT2D eigenvalue weighted by atomic mass is 19.1. The molecule has 1 aromatic carbocycles. The van der Waals surface area contributed by atoms with E-state index < -0.39 is 5.54 Å². The zero-order valence-electron chi connectivity index (χ0n) is 14.9. The molecule has 0 spiro atoms. The highest BCUT2D eigenvalue weighted by Crippen LogP contribution is 2.39. The summed E-state index contributed by atoms with van der Waals surface area (Å²) in [7, 11) is 0. The molecular formula is C20H21FN4O. The molecule has 0 aliphatic heterocycles. The van der Waals surface area contributed by atoms with Crippen molar-refractivity contribution in [3.05, 3.63) is 64.9 Å². The van der Waals surface area contributed by atoms with Crippen LogP contribution >= 0.6 is 0 Å². The molecule has 134 valence electrons. The maximum absolute atomic E-state index is 13.3. The van der Waals surface area contributed by atoms with E-state index >= 15 is 0 Å². The molecule has 2 aromatic heterocycles. The van der Waals surface area contributed by atoms with Crippen molar-refractivity contribution < 1.29 is 9.18 Å². The lowest BCUT2D eigenvalue weighted by Gasteiger charge is -2.31. The van der Waals surface area contributed by atoms with E-state index in [4.69, 9.17) is 0 Å². The van der Waals surface area contributed by atoms with Crippen LogP contribution in [0, 0.1) is 19.7 Å². The number of carbonyl (C=O) groups is 1. The number of aromatic nitrogens is 3. The first-order valence-corrected chi connectivity index (χ1v) is 8.89. The zero-order valence-corrected chi connectivity index (χ0v) is 14.9. The number of fused-ring (bicyclic) bond motifs is 1. The van der Waals surface area contributed by atoms with Gasteiger partial charge in [-0.1, -0.05) is 25.0 Å². The Balaban J connectivity index is 1.71. The van der Waals surface area contributed by atoms with Crippen LogP contribution < -0.4 is 5.32 Å². The van der Waals surface area contributed by atoms with Crippen LogP contribution in [-0.2, 0) is 5.54 Å². The minimum atomic E-state index is -0.460. The Kier molecular flexibility index (Phi) is 3.98. The molecule has 0 unspecified atom stereocenters. The van der Waals surface area contributed by atoms with Crippen LogP contribution in [0.1, 0.15) is 53.0 Å². The highest BCUT2D eigenvalue weighted by Gasteiger charge is 2.37. The number of carbonyl (C=O) groups excluding carboxylic acids is 1. The van der Waals surface area contributed by atoms with Gasteiger partial charge in [-0.25, -0.2) is 13.9 Å². The minimum absolute atomic E-state index is 0.191. The van der Waals surface area contributed by atoms with Crippen molar-refractivity contribution in [3.63, 3.8) is 0 Å². The Labute approximate surface area is 151 Å². The average Bonchev–Trinajstić information content (AvgIpc) is 3.23. The SMILES string of the molecule is Cc1cc(C)n2ncc(C(=O)NC3(c4ccc(F)cc4)CCCC3)c2n1. The number of rotatable bonds is 3. The molecule has 1 amide bonds. The minimum Gasteiger partial charge on any atom is -0.342 e. The Hall–Kier alpha value is -2.76. The van der Waals surface area contributed by atoms with Gasteiger partial charge in [-0.2, -0.15) is 5.10 Å². The molecule has 1 fully saturated rings. The van der Waals surface area contributed by atoms with Crippen LogP contribution in [-0.4, -0.2) is 20.5 Å². The van der Waals surface area contributed by atoms with Gasteiger partial charge in [0.1, 0.15) is 11.4 Å². The van der Waals surface area contributed by atoms with E-state index in [2.05, 4.69) is 15.4 Å². The third-order valence-corrected chi connectivity index (χ3v) is 5.23. The summed E-state index contributed by atoms with van der Waals surface area (Å²) in [5, 5.41) is 7.51. The first kappa shape index (κ1) is 16.7. The number of benzene rings is 1. The fourth-order valence-electron chi connectivity index (χ4n) is 3.95. The largest absolute Gasteiger partial charge is 0.342 e. The summed E-state index contributed by atoms with van der Waals surface area (Å²) in [5.41, 5.74) is 3.29. The quantitative estimate of drug-likeness (QED) is 0.782. The molecule has 0 bridgehead atoms. The third kappa shape index (κ3) is 2.75. The van der Waals surface area contributed by atoms with Crippen molar-refractivity contribution in [3.8, 4) is 0 Å². The molecule has 1 aliphatic carbocycles. The molecule has 5 nitrogen and oxygen atoms in total. The highest BCUT2D eigenvalue weighted by molar-refractivity contribution is 6.00. The van der Waals surface area contributed by atoms with E-state index in [0.29, 0.717) is 11.2 Å². The lowest BCUT2D eigenvalue weighted by atomic mass is 9.88. The predicted octanol–water partition coefficient (Wildman–Crippen LogP) is 3.68. The van der Waals surface area contributed by atoms with Crippen LogP contribution in [0.25, 0.3) is 5.65 Å². The molecule has 0 radical (unpaired) electrons. The van der Waals surface area contributed by atoms with E-state index in [1.54, 1.807) is 22.8 Å². The van der Waals surface area contributed by atoms with Crippen LogP contribution in [0.2, 0.25) is 0 Å². The number of amides is 1. The van der Waals surface area contributed by atoms with E-state index in [-0.39, 0.29) is 11.7 Å². The summed E-state index contributed by atoms with van der Waals surface area (Å²) in [5.74, 6) is -0.463. The molecule has 0 atom stereocenters.